The number of benzene rings is 7. The van der Waals surface area contributed by atoms with Crippen molar-refractivity contribution in [1.29, 1.82) is 0 Å². The number of hydrogen-bond donors (Lipinski definition) is 0. The molecule has 12 bridgehead atoms. The fraction of sp³-hybridized carbons (Fsp3) is 0.263. The van der Waals surface area contributed by atoms with Crippen LogP contribution in [0.1, 0.15) is 50.1 Å². The van der Waals surface area contributed by atoms with Crippen molar-refractivity contribution in [2.45, 2.75) is 68.9 Å². The minimum Gasteiger partial charge on any atom is -0.201 e. The van der Waals surface area contributed by atoms with Gasteiger partial charge in [0.1, 0.15) is 69.2 Å². The van der Waals surface area contributed by atoms with Gasteiger partial charge in [0.25, 0.3) is 0 Å². The number of rotatable bonds is 36. The molecule has 18 aliphatic heterocycles. The van der Waals surface area contributed by atoms with Gasteiger partial charge in [-0.15, -0.1) is 11.8 Å². The van der Waals surface area contributed by atoms with Crippen molar-refractivity contribution in [3.8, 4) is 62.5 Å². The van der Waals surface area contributed by atoms with Gasteiger partial charge in [0.05, 0.1) is 72.2 Å². The van der Waals surface area contributed by atoms with Crippen LogP contribution in [-0.4, -0.2) is 111 Å². The van der Waals surface area contributed by atoms with E-state index in [9.17, 15) is 101 Å². The number of fused-ring (bicyclic) bond motifs is 1. The van der Waals surface area contributed by atoms with Gasteiger partial charge in [-0.1, -0.05) is 144 Å². The van der Waals surface area contributed by atoms with E-state index in [1.165, 1.54) is 72.6 Å². The maximum atomic E-state index is 9.87. The second-order valence-electron chi connectivity index (χ2n) is 31.8. The first-order valence-corrected chi connectivity index (χ1v) is 56.0. The standard InChI is InChI=1S/C59H67NO13S5.C36H32N4.4F6P/c1-61-21-24-64-27-30-67-48-15-7-44(8-16-48)38-71-52-33-47(41-70-51-13-5-43(6-14-51)35-60-36-54-55(37-60)77-59(76-54)58-75-42-56(74-4)78-58)34-53(72-39-45-9-17-49(18-10-45)68-31-28-65-25-22-62-2)57(52)73-40-46-11-19-50(20-12-46)69-32-29-66-26-23-63-3;1-2-30-4-3-29(1)25-37-17-9-33(10-18-37)35-13-21-39(22-14-35)27-31-5-7-32(8-6-31)28-40-23-15-36(16-24-40)34-11-19-38(26-30)20-12-34;4*1-7(2,3,4,5)6/h5-20,33-34,36-37,42H,21-32,35,38-41H2,1-4H3;1-24H,25-28H2;;;;/q;+4;4*-1. The molecule has 0 unspecified atom stereocenters. The Morgan fingerprint density at radius 3 is 0.822 bits per heavy atom. The molecule has 0 saturated heterocycles. The number of thioether (sulfide) groups is 5. The third-order valence-corrected chi connectivity index (χ3v) is 25.9. The Bertz CT molecular complexity index is 5740. The molecule has 23 heterocycles. The Balaban J connectivity index is 0.000000262. The molecule has 0 N–H and O–H groups in total. The first-order valence-electron chi connectivity index (χ1n) is 43.4. The summed E-state index contributed by atoms with van der Waals surface area (Å²) in [7, 11) is -37.7. The Kier molecular flexibility index (Phi) is 39.1. The van der Waals surface area contributed by atoms with Crippen molar-refractivity contribution in [3.63, 3.8) is 0 Å². The van der Waals surface area contributed by atoms with Crippen molar-refractivity contribution < 1.29 is 181 Å². The van der Waals surface area contributed by atoms with Crippen molar-refractivity contribution >= 4 is 90.0 Å². The van der Waals surface area contributed by atoms with E-state index in [0.717, 1.165) is 78.0 Å². The number of pyridine rings is 4. The second kappa shape index (κ2) is 48.3. The van der Waals surface area contributed by atoms with Crippen LogP contribution >= 0.6 is 90.0 Å². The number of methoxy groups -OCH3 is 3. The van der Waals surface area contributed by atoms with E-state index in [2.05, 4.69) is 206 Å². The topological polar surface area (TPSA) is 140 Å². The SMILES string of the molecule is COCCOCCOc1ccc(COc2cc(COc3ccc(Cn4cc5c(c4)SC(=C4SC=C(SC)S4)S5)cc3)cc(OCc3ccc(OCCOCCOC)cc3)c2OCc2ccc(OCCOCCOC)cc2)cc1.F[P-](F)(F)(F)(F)F.F[P-](F)(F)(F)(F)F.F[P-](F)(F)(F)(F)F.F[P-](F)(F)(F)(F)F.c1cc2ccc1C[n+]1ccc(cc1)-c1cc[n+](cc1)Cc1ccc(cc1)C[n+]1ccc(cc1)-c1cc[n+](cc1)C2. The molecule has 800 valence electrons. The van der Waals surface area contributed by atoms with Crippen molar-refractivity contribution in [3.05, 3.63) is 336 Å². The van der Waals surface area contributed by atoms with Crippen LogP contribution in [0.2, 0.25) is 0 Å². The summed E-state index contributed by atoms with van der Waals surface area (Å²) >= 11 is 9.24. The maximum absolute atomic E-state index is 10.7. The predicted octanol–water partition coefficient (Wildman–Crippen LogP) is 31.2. The van der Waals surface area contributed by atoms with Gasteiger partial charge in [0.15, 0.2) is 87.3 Å². The average Bonchev–Trinajstić information content (AvgIpc) is 1.43. The smallest absolute Gasteiger partial charge is 0.173 e. The third kappa shape index (κ3) is 52.3. The second-order valence-corrected chi connectivity index (χ2v) is 45.1. The largest absolute Gasteiger partial charge is 0.201 e. The Labute approximate surface area is 844 Å². The minimum atomic E-state index is -10.7. The quantitative estimate of drug-likeness (QED) is 0.0159. The van der Waals surface area contributed by atoms with E-state index in [4.69, 9.17) is 61.6 Å². The van der Waals surface area contributed by atoms with Crippen LogP contribution in [0.15, 0.2) is 296 Å². The number of nitrogens with zero attached hydrogens (tertiary/aromatic N) is 5. The van der Waals surface area contributed by atoms with Gasteiger partial charge >= 0.3 is 132 Å². The van der Waals surface area contributed by atoms with Gasteiger partial charge in [-0.3, -0.25) is 0 Å². The summed E-state index contributed by atoms with van der Waals surface area (Å²) < 4.78 is 328. The van der Waals surface area contributed by atoms with E-state index in [0.29, 0.717) is 96.5 Å². The third-order valence-electron chi connectivity index (χ3n) is 19.3. The zero-order chi connectivity index (χ0) is 106. The van der Waals surface area contributed by atoms with Gasteiger partial charge < -0.3 is 66.1 Å². The van der Waals surface area contributed by atoms with E-state index in [-0.39, 0.29) is 26.4 Å². The van der Waals surface area contributed by atoms with Crippen LogP contribution in [0.25, 0.3) is 22.3 Å². The summed E-state index contributed by atoms with van der Waals surface area (Å²) in [6, 6.07) is 71.1. The number of halogens is 24. The van der Waals surface area contributed by atoms with Gasteiger partial charge in [-0.25, -0.2) is 18.3 Å². The molecule has 0 spiro atoms. The molecule has 18 nitrogen and oxygen atoms in total. The van der Waals surface area contributed by atoms with Crippen molar-refractivity contribution in [2.75, 3.05) is 107 Å². The van der Waals surface area contributed by atoms with Gasteiger partial charge in [-0.05, 0) is 122 Å². The predicted molar refractivity (Wildman–Crippen MR) is 521 cm³/mol. The fourth-order valence-electron chi connectivity index (χ4n) is 12.9. The molecule has 12 aromatic rings. The van der Waals surface area contributed by atoms with Crippen LogP contribution in [0.5, 0.6) is 40.2 Å². The monoisotopic (exact) mass is 2260 g/mol. The molecule has 18 aliphatic rings. The van der Waals surface area contributed by atoms with Gasteiger partial charge in [0.2, 0.25) is 5.75 Å². The fourth-order valence-corrected chi connectivity index (χ4v) is 18.9. The zero-order valence-electron chi connectivity index (χ0n) is 77.8. The molecular weight excluding hydrogens is 2160 g/mol. The first kappa shape index (κ1) is 118. The molecule has 0 radical (unpaired) electrons. The minimum absolute atomic E-state index is 0.231. The number of ether oxygens (including phenoxy) is 13. The summed E-state index contributed by atoms with van der Waals surface area (Å²) in [6.45, 7) is 11.0. The van der Waals surface area contributed by atoms with Crippen LogP contribution in [0, 0.1) is 0 Å². The maximum Gasteiger partial charge on any atom is 0.173 e. The Morgan fingerprint density at radius 2 is 0.548 bits per heavy atom. The molecule has 0 fully saturated rings. The van der Waals surface area contributed by atoms with Crippen molar-refractivity contribution in [1.82, 2.24) is 4.57 Å². The molecule has 0 saturated carbocycles. The molecule has 30 rings (SSSR count). The molecule has 0 amide bonds. The first-order chi connectivity index (χ1) is 68.0. The van der Waals surface area contributed by atoms with Crippen LogP contribution in [-0.2, 0) is 87.6 Å². The molecule has 7 aromatic carbocycles. The molecule has 5 aromatic heterocycles. The average molecular weight is 2260 g/mol. The van der Waals surface area contributed by atoms with Gasteiger partial charge in [-0.2, -0.15) is 0 Å². The summed E-state index contributed by atoms with van der Waals surface area (Å²) in [6.07, 6.45) is 24.0. The van der Waals surface area contributed by atoms with Crippen molar-refractivity contribution in [2.24, 2.45) is 0 Å². The number of aromatic nitrogens is 5. The van der Waals surface area contributed by atoms with Crippen LogP contribution < -0.4 is 51.4 Å². The number of hydrogen-bond acceptors (Lipinski definition) is 18. The van der Waals surface area contributed by atoms with E-state index >= 15 is 0 Å². The van der Waals surface area contributed by atoms with E-state index in [1.54, 1.807) is 33.1 Å². The zero-order valence-corrected chi connectivity index (χ0v) is 85.4. The molecule has 0 atom stereocenters. The normalized spacial score (nSPS) is 14.8. The summed E-state index contributed by atoms with van der Waals surface area (Å²) in [4.78, 5) is 2.61. The Hall–Kier alpha value is -9.95. The molecule has 146 heavy (non-hydrogen) atoms. The summed E-state index contributed by atoms with van der Waals surface area (Å²) in [5, 5.41) is 2.25. The Morgan fingerprint density at radius 1 is 0.288 bits per heavy atom. The van der Waals surface area contributed by atoms with Gasteiger partial charge in [0, 0.05) is 121 Å². The molecular formula is C95H99F24N5O13P4S5. The van der Waals surface area contributed by atoms with E-state index in [1.807, 2.05) is 144 Å². The molecule has 51 heteroatoms. The summed E-state index contributed by atoms with van der Waals surface area (Å²) in [5.41, 5.74) is 14.9. The van der Waals surface area contributed by atoms with Crippen LogP contribution in [0.4, 0.5) is 101 Å². The molecule has 0 aliphatic carbocycles. The van der Waals surface area contributed by atoms with Crippen LogP contribution in [0.3, 0.4) is 0 Å². The summed E-state index contributed by atoms with van der Waals surface area (Å²) in [5.74, 6) is 4.40. The van der Waals surface area contributed by atoms with E-state index < -0.39 is 31.2 Å².